The molecule has 3 saturated carbocycles. The Hall–Kier alpha value is -0.413. The van der Waals surface area contributed by atoms with E-state index < -0.39 is 9.04 Å². The van der Waals surface area contributed by atoms with E-state index in [1.54, 1.807) is 0 Å². The molecule has 0 spiro atoms. The van der Waals surface area contributed by atoms with Crippen LogP contribution in [0.5, 0.6) is 0 Å². The van der Waals surface area contributed by atoms with Crippen molar-refractivity contribution >= 4 is 14.8 Å². The molecule has 0 N–H and O–H groups in total. The van der Waals surface area contributed by atoms with Gasteiger partial charge < -0.3 is 4.43 Å². The van der Waals surface area contributed by atoms with Crippen LogP contribution in [0.2, 0.25) is 13.1 Å². The fourth-order valence-corrected chi connectivity index (χ4v) is 9.48. The molecule has 4 aliphatic rings. The van der Waals surface area contributed by atoms with Gasteiger partial charge in [-0.2, -0.15) is 0 Å². The summed E-state index contributed by atoms with van der Waals surface area (Å²) in [5.74, 6) is 3.58. The minimum absolute atomic E-state index is 0.217. The summed E-state index contributed by atoms with van der Waals surface area (Å²) in [5, 5.41) is 0. The number of carbonyl (C=O) groups excluding carboxylic acids is 1. The van der Waals surface area contributed by atoms with Crippen LogP contribution in [-0.4, -0.2) is 20.9 Å². The first-order valence-electron chi connectivity index (χ1n) is 12.4. The number of fused-ring (bicyclic) bond motifs is 5. The molecule has 0 saturated heterocycles. The molecule has 164 valence electrons. The van der Waals surface area contributed by atoms with Crippen LogP contribution in [0.4, 0.5) is 0 Å². The largest absolute Gasteiger partial charge is 0.417 e. The van der Waals surface area contributed by atoms with Crippen LogP contribution in [0, 0.1) is 39.9 Å². The van der Waals surface area contributed by atoms with Crippen molar-refractivity contribution in [1.82, 2.24) is 0 Å². The molecular formula is C26H44O2Si. The van der Waals surface area contributed by atoms with Gasteiger partial charge in [0.25, 0.3) is 0 Å². The standard InChI is InChI=1S/C26H44O2Si/c1-24(2,3)23(28-29(6)7)22-11-10-20-19-9-8-17-16-18(27)12-14-25(17,4)21(19)13-15-26(20,22)5/h16,19-23,29H,8-15H2,1-7H3/t19-,20-,21-,22+,23?,25-,26-/m0/s1. The smallest absolute Gasteiger partial charge is 0.171 e. The van der Waals surface area contributed by atoms with Gasteiger partial charge in [-0.15, -0.1) is 0 Å². The molecule has 0 aromatic carbocycles. The Kier molecular flexibility index (Phi) is 5.51. The van der Waals surface area contributed by atoms with Gasteiger partial charge in [0.2, 0.25) is 0 Å². The molecule has 3 heteroatoms. The van der Waals surface area contributed by atoms with E-state index in [1.165, 1.54) is 44.1 Å². The van der Waals surface area contributed by atoms with Crippen molar-refractivity contribution in [3.05, 3.63) is 11.6 Å². The zero-order chi connectivity index (χ0) is 21.2. The molecule has 7 atom stereocenters. The van der Waals surface area contributed by atoms with Crippen LogP contribution in [0.25, 0.3) is 0 Å². The van der Waals surface area contributed by atoms with Gasteiger partial charge in [0.15, 0.2) is 14.8 Å². The Balaban J connectivity index is 1.62. The maximum absolute atomic E-state index is 12.1. The lowest BCUT2D eigenvalue weighted by atomic mass is 9.46. The van der Waals surface area contributed by atoms with Crippen LogP contribution >= 0.6 is 0 Å². The maximum atomic E-state index is 12.1. The van der Waals surface area contributed by atoms with E-state index in [0.29, 0.717) is 28.6 Å². The number of rotatable bonds is 3. The number of allylic oxidation sites excluding steroid dienone is 1. The van der Waals surface area contributed by atoms with E-state index in [4.69, 9.17) is 4.43 Å². The summed E-state index contributed by atoms with van der Waals surface area (Å²) in [6.07, 6.45) is 12.2. The quantitative estimate of drug-likeness (QED) is 0.488. The lowest BCUT2D eigenvalue weighted by Crippen LogP contribution is -2.53. The van der Waals surface area contributed by atoms with Crippen molar-refractivity contribution in [1.29, 1.82) is 0 Å². The topological polar surface area (TPSA) is 26.3 Å². The Morgan fingerprint density at radius 1 is 1.03 bits per heavy atom. The molecule has 2 nitrogen and oxygen atoms in total. The summed E-state index contributed by atoms with van der Waals surface area (Å²) in [7, 11) is -1.07. The number of carbonyl (C=O) groups is 1. The van der Waals surface area contributed by atoms with Crippen molar-refractivity contribution in [3.8, 4) is 0 Å². The Bertz CT molecular complexity index is 689. The third-order valence-electron chi connectivity index (χ3n) is 9.67. The highest BCUT2D eigenvalue weighted by atomic mass is 28.3. The second-order valence-electron chi connectivity index (χ2n) is 12.7. The van der Waals surface area contributed by atoms with Gasteiger partial charge in [-0.25, -0.2) is 0 Å². The average molecular weight is 417 g/mol. The molecule has 4 aliphatic carbocycles. The van der Waals surface area contributed by atoms with Crippen LogP contribution in [0.3, 0.4) is 0 Å². The summed E-state index contributed by atoms with van der Waals surface area (Å²) in [5.41, 5.74) is 2.44. The number of hydrogen-bond acceptors (Lipinski definition) is 2. The van der Waals surface area contributed by atoms with Crippen molar-refractivity contribution in [2.24, 2.45) is 39.9 Å². The van der Waals surface area contributed by atoms with Crippen molar-refractivity contribution in [3.63, 3.8) is 0 Å². The van der Waals surface area contributed by atoms with Gasteiger partial charge >= 0.3 is 0 Å². The summed E-state index contributed by atoms with van der Waals surface area (Å²) in [4.78, 5) is 12.1. The Morgan fingerprint density at radius 2 is 1.76 bits per heavy atom. The second-order valence-corrected chi connectivity index (χ2v) is 15.0. The first-order chi connectivity index (χ1) is 13.5. The van der Waals surface area contributed by atoms with E-state index in [-0.39, 0.29) is 5.41 Å². The Morgan fingerprint density at radius 3 is 2.41 bits per heavy atom. The molecule has 1 unspecified atom stereocenters. The maximum Gasteiger partial charge on any atom is 0.171 e. The minimum atomic E-state index is -1.07. The minimum Gasteiger partial charge on any atom is -0.417 e. The second kappa shape index (κ2) is 7.33. The van der Waals surface area contributed by atoms with E-state index in [1.807, 2.05) is 6.08 Å². The molecular weight excluding hydrogens is 372 g/mol. The molecule has 3 fully saturated rings. The van der Waals surface area contributed by atoms with Crippen molar-refractivity contribution in [2.75, 3.05) is 0 Å². The van der Waals surface area contributed by atoms with Gasteiger partial charge in [-0.05, 0) is 104 Å². The van der Waals surface area contributed by atoms with Crippen molar-refractivity contribution in [2.45, 2.75) is 105 Å². The zero-order valence-corrected chi connectivity index (χ0v) is 21.2. The van der Waals surface area contributed by atoms with Crippen LogP contribution < -0.4 is 0 Å². The van der Waals surface area contributed by atoms with E-state index in [0.717, 1.165) is 30.6 Å². The van der Waals surface area contributed by atoms with E-state index in [2.05, 4.69) is 47.7 Å². The summed E-state index contributed by atoms with van der Waals surface area (Å²) in [6.45, 7) is 17.0. The van der Waals surface area contributed by atoms with Crippen LogP contribution in [0.15, 0.2) is 11.6 Å². The average Bonchev–Trinajstić information content (AvgIpc) is 2.96. The van der Waals surface area contributed by atoms with Gasteiger partial charge in [-0.3, -0.25) is 4.79 Å². The third kappa shape index (κ3) is 3.52. The van der Waals surface area contributed by atoms with Gasteiger partial charge in [-0.1, -0.05) is 40.2 Å². The lowest BCUT2D eigenvalue weighted by molar-refractivity contribution is -0.118. The van der Waals surface area contributed by atoms with E-state index in [9.17, 15) is 4.79 Å². The molecule has 0 aromatic rings. The lowest BCUT2D eigenvalue weighted by Gasteiger charge is -2.59. The van der Waals surface area contributed by atoms with Crippen LogP contribution in [0.1, 0.15) is 86.0 Å². The molecule has 0 heterocycles. The monoisotopic (exact) mass is 416 g/mol. The highest BCUT2D eigenvalue weighted by Gasteiger charge is 2.60. The first kappa shape index (κ1) is 21.8. The van der Waals surface area contributed by atoms with Gasteiger partial charge in [0, 0.05) is 6.42 Å². The fraction of sp³-hybridized carbons (Fsp3) is 0.885. The summed E-state index contributed by atoms with van der Waals surface area (Å²) >= 11 is 0. The molecule has 0 aromatic heterocycles. The van der Waals surface area contributed by atoms with Gasteiger partial charge in [0.1, 0.15) is 0 Å². The molecule has 29 heavy (non-hydrogen) atoms. The highest BCUT2D eigenvalue weighted by molar-refractivity contribution is 6.48. The fourth-order valence-electron chi connectivity index (χ4n) is 8.29. The zero-order valence-electron chi connectivity index (χ0n) is 20.0. The molecule has 4 rings (SSSR count). The number of ketones is 1. The molecule has 0 bridgehead atoms. The number of hydrogen-bond donors (Lipinski definition) is 0. The summed E-state index contributed by atoms with van der Waals surface area (Å²) in [6, 6.07) is 0. The third-order valence-corrected chi connectivity index (χ3v) is 10.5. The first-order valence-corrected chi connectivity index (χ1v) is 15.1. The summed E-state index contributed by atoms with van der Waals surface area (Å²) < 4.78 is 6.76. The van der Waals surface area contributed by atoms with Gasteiger partial charge in [0.05, 0.1) is 6.10 Å². The SMILES string of the molecule is C[SiH](C)OC([C@H]1CC[C@H]2[C@@H]3CCC4=CC(=O)CC[C@]4(C)[C@H]3CC[C@]12C)C(C)(C)C. The predicted molar refractivity (Wildman–Crippen MR) is 123 cm³/mol. The highest BCUT2D eigenvalue weighted by Crippen LogP contribution is 2.67. The van der Waals surface area contributed by atoms with Crippen molar-refractivity contribution < 1.29 is 9.22 Å². The molecule has 0 aliphatic heterocycles. The molecule has 0 radical (unpaired) electrons. The Labute approximate surface area is 181 Å². The molecule has 0 amide bonds. The van der Waals surface area contributed by atoms with E-state index >= 15 is 0 Å². The normalized spacial score (nSPS) is 43.4. The predicted octanol–water partition coefficient (Wildman–Crippen LogP) is 6.55. The van der Waals surface area contributed by atoms with Crippen LogP contribution in [-0.2, 0) is 9.22 Å².